The van der Waals surface area contributed by atoms with Crippen molar-refractivity contribution in [3.63, 3.8) is 0 Å². The summed E-state index contributed by atoms with van der Waals surface area (Å²) < 4.78 is 0. The zero-order valence-electron chi connectivity index (χ0n) is 10.6. The molecule has 0 radical (unpaired) electrons. The number of nitro groups is 1. The van der Waals surface area contributed by atoms with Crippen LogP contribution in [0.25, 0.3) is 0 Å². The zero-order valence-corrected chi connectivity index (χ0v) is 10.6. The number of anilines is 1. The molecule has 0 aromatic heterocycles. The van der Waals surface area contributed by atoms with E-state index >= 15 is 0 Å². The van der Waals surface area contributed by atoms with Crippen molar-refractivity contribution in [2.75, 3.05) is 31.1 Å². The number of aromatic hydroxyl groups is 1. The smallest absolute Gasteiger partial charge is 0.310 e. The van der Waals surface area contributed by atoms with Crippen molar-refractivity contribution in [3.05, 3.63) is 28.3 Å². The minimum absolute atomic E-state index is 0.0474. The van der Waals surface area contributed by atoms with Crippen LogP contribution in [0.5, 0.6) is 5.75 Å². The van der Waals surface area contributed by atoms with Gasteiger partial charge in [-0.15, -0.1) is 0 Å². The molecule has 0 atom stereocenters. The molecular formula is C12H15N3O4. The average Bonchev–Trinajstić information content (AvgIpc) is 2.38. The molecule has 1 heterocycles. The normalized spacial score (nSPS) is 15.4. The number of amides is 1. The Labute approximate surface area is 110 Å². The summed E-state index contributed by atoms with van der Waals surface area (Å²) in [6.45, 7) is 4.07. The van der Waals surface area contributed by atoms with E-state index in [1.165, 1.54) is 19.1 Å². The Morgan fingerprint density at radius 2 is 1.95 bits per heavy atom. The fraction of sp³-hybridized carbons (Fsp3) is 0.417. The van der Waals surface area contributed by atoms with Gasteiger partial charge in [-0.2, -0.15) is 0 Å². The molecule has 1 fully saturated rings. The van der Waals surface area contributed by atoms with Gasteiger partial charge in [0.1, 0.15) is 0 Å². The Bertz CT molecular complexity index is 510. The molecular weight excluding hydrogens is 250 g/mol. The van der Waals surface area contributed by atoms with Gasteiger partial charge >= 0.3 is 5.69 Å². The fourth-order valence-corrected chi connectivity index (χ4v) is 2.14. The SMILES string of the molecule is CC(=O)N1CCN(c2ccc([N+](=O)[O-])c(O)c2)CC1. The second-order valence-corrected chi connectivity index (χ2v) is 4.42. The van der Waals surface area contributed by atoms with E-state index in [1.807, 2.05) is 4.90 Å². The van der Waals surface area contributed by atoms with E-state index in [0.29, 0.717) is 26.2 Å². The molecule has 0 unspecified atom stereocenters. The van der Waals surface area contributed by atoms with Gasteiger partial charge in [-0.3, -0.25) is 14.9 Å². The summed E-state index contributed by atoms with van der Waals surface area (Å²) in [5.41, 5.74) is 0.428. The molecule has 0 saturated carbocycles. The lowest BCUT2D eigenvalue weighted by molar-refractivity contribution is -0.385. The summed E-state index contributed by atoms with van der Waals surface area (Å²) in [5, 5.41) is 20.2. The molecule has 0 bridgehead atoms. The first-order valence-corrected chi connectivity index (χ1v) is 5.97. The Hall–Kier alpha value is -2.31. The highest BCUT2D eigenvalue weighted by Crippen LogP contribution is 2.30. The van der Waals surface area contributed by atoms with Crippen LogP contribution in [-0.2, 0) is 4.79 Å². The maximum atomic E-state index is 11.2. The number of carbonyl (C=O) groups excluding carboxylic acids is 1. The fourth-order valence-electron chi connectivity index (χ4n) is 2.14. The molecule has 1 aromatic carbocycles. The standard InChI is InChI=1S/C12H15N3O4/c1-9(16)13-4-6-14(7-5-13)10-2-3-11(15(18)19)12(17)8-10/h2-3,8,17H,4-7H2,1H3. The number of piperazine rings is 1. The highest BCUT2D eigenvalue weighted by Gasteiger charge is 2.21. The molecule has 1 aliphatic heterocycles. The van der Waals surface area contributed by atoms with E-state index in [0.717, 1.165) is 5.69 Å². The van der Waals surface area contributed by atoms with Gasteiger partial charge < -0.3 is 14.9 Å². The molecule has 1 amide bonds. The van der Waals surface area contributed by atoms with Crippen LogP contribution in [-0.4, -0.2) is 47.0 Å². The summed E-state index contributed by atoms with van der Waals surface area (Å²) in [5.74, 6) is -0.289. The Morgan fingerprint density at radius 3 is 2.42 bits per heavy atom. The number of carbonyl (C=O) groups is 1. The van der Waals surface area contributed by atoms with E-state index in [4.69, 9.17) is 0 Å². The van der Waals surface area contributed by atoms with Crippen molar-refractivity contribution in [2.24, 2.45) is 0 Å². The first-order chi connectivity index (χ1) is 8.99. The highest BCUT2D eigenvalue weighted by atomic mass is 16.6. The van der Waals surface area contributed by atoms with E-state index in [-0.39, 0.29) is 17.3 Å². The van der Waals surface area contributed by atoms with Crippen molar-refractivity contribution in [1.82, 2.24) is 4.90 Å². The van der Waals surface area contributed by atoms with Crippen LogP contribution in [0.2, 0.25) is 0 Å². The molecule has 1 N–H and O–H groups in total. The topological polar surface area (TPSA) is 86.9 Å². The first-order valence-electron chi connectivity index (χ1n) is 5.97. The number of phenols is 1. The number of nitro benzene ring substituents is 1. The first kappa shape index (κ1) is 13.1. The molecule has 7 heteroatoms. The maximum Gasteiger partial charge on any atom is 0.310 e. The van der Waals surface area contributed by atoms with Crippen molar-refractivity contribution >= 4 is 17.3 Å². The summed E-state index contributed by atoms with van der Waals surface area (Å²) in [7, 11) is 0. The van der Waals surface area contributed by atoms with Gasteiger partial charge in [0.05, 0.1) is 4.92 Å². The number of benzene rings is 1. The number of phenolic OH excluding ortho intramolecular Hbond substituents is 1. The second kappa shape index (κ2) is 5.13. The summed E-state index contributed by atoms with van der Waals surface area (Å²) >= 11 is 0. The van der Waals surface area contributed by atoms with Gasteiger partial charge in [0.25, 0.3) is 0 Å². The molecule has 1 aromatic rings. The van der Waals surface area contributed by atoms with Crippen LogP contribution in [0, 0.1) is 10.1 Å². The Kier molecular flexibility index (Phi) is 3.55. The molecule has 2 rings (SSSR count). The zero-order chi connectivity index (χ0) is 14.0. The van der Waals surface area contributed by atoms with Crippen molar-refractivity contribution in [3.8, 4) is 5.75 Å². The Morgan fingerprint density at radius 1 is 1.32 bits per heavy atom. The van der Waals surface area contributed by atoms with Gasteiger partial charge in [-0.25, -0.2) is 0 Å². The number of nitrogens with zero attached hydrogens (tertiary/aromatic N) is 3. The van der Waals surface area contributed by atoms with E-state index < -0.39 is 4.92 Å². The van der Waals surface area contributed by atoms with Gasteiger partial charge in [0, 0.05) is 50.9 Å². The maximum absolute atomic E-state index is 11.2. The molecule has 1 saturated heterocycles. The van der Waals surface area contributed by atoms with Crippen molar-refractivity contribution in [1.29, 1.82) is 0 Å². The lowest BCUT2D eigenvalue weighted by Gasteiger charge is -2.35. The predicted molar refractivity (Wildman–Crippen MR) is 69.2 cm³/mol. The molecule has 7 nitrogen and oxygen atoms in total. The van der Waals surface area contributed by atoms with Crippen molar-refractivity contribution in [2.45, 2.75) is 6.92 Å². The lowest BCUT2D eigenvalue weighted by Crippen LogP contribution is -2.48. The second-order valence-electron chi connectivity index (χ2n) is 4.42. The minimum atomic E-state index is -0.618. The van der Waals surface area contributed by atoms with Crippen molar-refractivity contribution < 1.29 is 14.8 Å². The summed E-state index contributed by atoms with van der Waals surface area (Å²) in [6.07, 6.45) is 0. The molecule has 0 spiro atoms. The van der Waals surface area contributed by atoms with Crippen LogP contribution < -0.4 is 4.90 Å². The van der Waals surface area contributed by atoms with E-state index in [2.05, 4.69) is 0 Å². The third kappa shape index (κ3) is 2.75. The van der Waals surface area contributed by atoms with Gasteiger partial charge in [0.15, 0.2) is 5.75 Å². The van der Waals surface area contributed by atoms with Crippen LogP contribution in [0.15, 0.2) is 18.2 Å². The van der Waals surface area contributed by atoms with Gasteiger partial charge in [-0.05, 0) is 6.07 Å². The summed E-state index contributed by atoms with van der Waals surface area (Å²) in [4.78, 5) is 24.9. The molecule has 19 heavy (non-hydrogen) atoms. The van der Waals surface area contributed by atoms with E-state index in [1.54, 1.807) is 11.0 Å². The Balaban J connectivity index is 2.10. The minimum Gasteiger partial charge on any atom is -0.502 e. The van der Waals surface area contributed by atoms with Crippen LogP contribution in [0.3, 0.4) is 0 Å². The van der Waals surface area contributed by atoms with Crippen LogP contribution >= 0.6 is 0 Å². The lowest BCUT2D eigenvalue weighted by atomic mass is 10.2. The average molecular weight is 265 g/mol. The monoisotopic (exact) mass is 265 g/mol. The van der Waals surface area contributed by atoms with Gasteiger partial charge in [-0.1, -0.05) is 0 Å². The third-order valence-electron chi connectivity index (χ3n) is 3.25. The molecule has 0 aliphatic carbocycles. The number of hydrogen-bond donors (Lipinski definition) is 1. The third-order valence-corrected chi connectivity index (χ3v) is 3.25. The molecule has 1 aliphatic rings. The van der Waals surface area contributed by atoms with E-state index in [9.17, 15) is 20.0 Å². The predicted octanol–water partition coefficient (Wildman–Crippen LogP) is 0.969. The number of hydrogen-bond acceptors (Lipinski definition) is 5. The quantitative estimate of drug-likeness (QED) is 0.636. The largest absolute Gasteiger partial charge is 0.502 e. The molecule has 102 valence electrons. The van der Waals surface area contributed by atoms with Crippen LogP contribution in [0.1, 0.15) is 6.92 Å². The highest BCUT2D eigenvalue weighted by molar-refractivity contribution is 5.73. The number of rotatable bonds is 2. The summed E-state index contributed by atoms with van der Waals surface area (Å²) in [6, 6.07) is 4.30. The van der Waals surface area contributed by atoms with Gasteiger partial charge in [0.2, 0.25) is 5.91 Å². The van der Waals surface area contributed by atoms with Crippen LogP contribution in [0.4, 0.5) is 11.4 Å².